The summed E-state index contributed by atoms with van der Waals surface area (Å²) in [5.74, 6) is 1.09. The molecule has 0 aliphatic rings. The summed E-state index contributed by atoms with van der Waals surface area (Å²) in [4.78, 5) is 17.5. The average molecular weight is 222 g/mol. The summed E-state index contributed by atoms with van der Waals surface area (Å²) in [5, 5.41) is 3.02. The second-order valence-corrected chi connectivity index (χ2v) is 3.67. The van der Waals surface area contributed by atoms with Gasteiger partial charge in [0.15, 0.2) is 0 Å². The van der Waals surface area contributed by atoms with Gasteiger partial charge >= 0.3 is 0 Å². The van der Waals surface area contributed by atoms with Crippen LogP contribution < -0.4 is 11.1 Å². The van der Waals surface area contributed by atoms with E-state index < -0.39 is 0 Å². The van der Waals surface area contributed by atoms with Gasteiger partial charge < -0.3 is 16.0 Å². The molecule has 1 atom stereocenters. The van der Waals surface area contributed by atoms with E-state index in [2.05, 4.69) is 10.3 Å². The number of nitrogens with zero attached hydrogens (tertiary/aromatic N) is 2. The molecule has 1 aromatic rings. The maximum absolute atomic E-state index is 11.8. The van der Waals surface area contributed by atoms with Gasteiger partial charge in [-0.25, -0.2) is 4.98 Å². The first-order chi connectivity index (χ1) is 7.54. The zero-order valence-corrected chi connectivity index (χ0v) is 9.90. The lowest BCUT2D eigenvalue weighted by Crippen LogP contribution is -2.39. The molecule has 16 heavy (non-hydrogen) atoms. The van der Waals surface area contributed by atoms with Crippen LogP contribution in [0.1, 0.15) is 13.8 Å². The molecule has 3 N–H and O–H groups in total. The molecule has 1 aromatic heterocycles. The summed E-state index contributed by atoms with van der Waals surface area (Å²) in [6.45, 7) is 4.43. The minimum atomic E-state index is -0.306. The van der Waals surface area contributed by atoms with Gasteiger partial charge in [-0.05, 0) is 26.0 Å². The number of hydrogen-bond acceptors (Lipinski definition) is 4. The number of anilines is 2. The molecule has 0 saturated heterocycles. The molecule has 5 nitrogen and oxygen atoms in total. The summed E-state index contributed by atoms with van der Waals surface area (Å²) in [7, 11) is 1.77. The normalized spacial score (nSPS) is 11.9. The molecule has 0 aromatic carbocycles. The van der Waals surface area contributed by atoms with Crippen molar-refractivity contribution >= 4 is 17.5 Å². The van der Waals surface area contributed by atoms with Gasteiger partial charge in [0.2, 0.25) is 5.91 Å². The monoisotopic (exact) mass is 222 g/mol. The molecule has 0 aliphatic heterocycles. The minimum absolute atomic E-state index is 0.0340. The topological polar surface area (TPSA) is 71.2 Å². The average Bonchev–Trinajstić information content (AvgIpc) is 2.27. The Morgan fingerprint density at radius 3 is 2.88 bits per heavy atom. The first kappa shape index (κ1) is 12.3. The number of aromatic nitrogens is 1. The second kappa shape index (κ2) is 5.34. The van der Waals surface area contributed by atoms with Crippen LogP contribution >= 0.6 is 0 Å². The lowest BCUT2D eigenvalue weighted by molar-refractivity contribution is -0.130. The van der Waals surface area contributed by atoms with Crippen molar-refractivity contribution < 1.29 is 4.79 Å². The van der Waals surface area contributed by atoms with Crippen molar-refractivity contribution in [1.29, 1.82) is 0 Å². The zero-order valence-electron chi connectivity index (χ0n) is 9.90. The van der Waals surface area contributed by atoms with Crippen LogP contribution in [0.25, 0.3) is 0 Å². The van der Waals surface area contributed by atoms with E-state index in [1.54, 1.807) is 37.1 Å². The third-order valence-corrected chi connectivity index (χ3v) is 2.36. The first-order valence-electron chi connectivity index (χ1n) is 5.28. The maximum atomic E-state index is 11.8. The van der Waals surface area contributed by atoms with Gasteiger partial charge in [0.1, 0.15) is 17.7 Å². The number of carbonyl (C=O) groups is 1. The van der Waals surface area contributed by atoms with Crippen molar-refractivity contribution in [3.8, 4) is 0 Å². The second-order valence-electron chi connectivity index (χ2n) is 3.67. The fourth-order valence-corrected chi connectivity index (χ4v) is 1.30. The Morgan fingerprint density at radius 1 is 1.62 bits per heavy atom. The molecule has 0 saturated carbocycles. The highest BCUT2D eigenvalue weighted by Crippen LogP contribution is 2.08. The van der Waals surface area contributed by atoms with Crippen molar-refractivity contribution in [2.24, 2.45) is 0 Å². The van der Waals surface area contributed by atoms with E-state index in [1.807, 2.05) is 6.92 Å². The summed E-state index contributed by atoms with van der Waals surface area (Å²) >= 11 is 0. The lowest BCUT2D eigenvalue weighted by atomic mass is 10.3. The standard InChI is InChI=1S/C11H18N4O/c1-4-15(3)11(16)8(2)13-10-7-5-6-9(12)14-10/h5-8H,4H2,1-3H3,(H3,12,13,14). The predicted octanol–water partition coefficient (Wildman–Crippen LogP) is 0.942. The Kier molecular flexibility index (Phi) is 4.10. The highest BCUT2D eigenvalue weighted by atomic mass is 16.2. The Morgan fingerprint density at radius 2 is 2.31 bits per heavy atom. The number of hydrogen-bond donors (Lipinski definition) is 2. The number of nitrogen functional groups attached to an aromatic ring is 1. The Bertz CT molecular complexity index is 367. The molecular weight excluding hydrogens is 204 g/mol. The molecule has 1 heterocycles. The van der Waals surface area contributed by atoms with Gasteiger partial charge in [0.25, 0.3) is 0 Å². The summed E-state index contributed by atoms with van der Waals surface area (Å²) in [6.07, 6.45) is 0. The number of pyridine rings is 1. The lowest BCUT2D eigenvalue weighted by Gasteiger charge is -2.20. The van der Waals surface area contributed by atoms with Crippen LogP contribution in [0.2, 0.25) is 0 Å². The summed E-state index contributed by atoms with van der Waals surface area (Å²) in [5.41, 5.74) is 5.55. The molecule has 0 bridgehead atoms. The molecule has 0 aliphatic carbocycles. The van der Waals surface area contributed by atoms with Crippen molar-refractivity contribution in [2.75, 3.05) is 24.6 Å². The van der Waals surface area contributed by atoms with E-state index in [9.17, 15) is 4.79 Å². The Hall–Kier alpha value is -1.78. The van der Waals surface area contributed by atoms with E-state index >= 15 is 0 Å². The fraction of sp³-hybridized carbons (Fsp3) is 0.455. The number of nitrogens with two attached hydrogens (primary N) is 1. The SMILES string of the molecule is CCN(C)C(=O)C(C)Nc1cccc(N)n1. The van der Waals surface area contributed by atoms with Gasteiger partial charge in [-0.3, -0.25) is 4.79 Å². The molecule has 5 heteroatoms. The third-order valence-electron chi connectivity index (χ3n) is 2.36. The van der Waals surface area contributed by atoms with Gasteiger partial charge in [-0.2, -0.15) is 0 Å². The molecule has 0 spiro atoms. The van der Waals surface area contributed by atoms with Gasteiger partial charge in [-0.15, -0.1) is 0 Å². The number of nitrogens with one attached hydrogen (secondary N) is 1. The van der Waals surface area contributed by atoms with Crippen molar-refractivity contribution in [3.63, 3.8) is 0 Å². The molecular formula is C11H18N4O. The van der Waals surface area contributed by atoms with Crippen molar-refractivity contribution in [2.45, 2.75) is 19.9 Å². The molecule has 0 radical (unpaired) electrons. The number of amides is 1. The van der Waals surface area contributed by atoms with E-state index in [4.69, 9.17) is 5.73 Å². The Labute approximate surface area is 95.7 Å². The summed E-state index contributed by atoms with van der Waals surface area (Å²) in [6, 6.07) is 4.98. The molecule has 0 fully saturated rings. The van der Waals surface area contributed by atoms with E-state index in [-0.39, 0.29) is 11.9 Å². The number of likely N-dealkylation sites (N-methyl/N-ethyl adjacent to an activating group) is 1. The number of rotatable bonds is 4. The van der Waals surface area contributed by atoms with Crippen LogP contribution in [0.4, 0.5) is 11.6 Å². The molecule has 88 valence electrons. The highest BCUT2D eigenvalue weighted by molar-refractivity contribution is 5.83. The van der Waals surface area contributed by atoms with Crippen LogP contribution in [0.15, 0.2) is 18.2 Å². The predicted molar refractivity (Wildman–Crippen MR) is 65.0 cm³/mol. The van der Waals surface area contributed by atoms with Crippen LogP contribution in [-0.2, 0) is 4.79 Å². The van der Waals surface area contributed by atoms with E-state index in [0.717, 1.165) is 0 Å². The minimum Gasteiger partial charge on any atom is -0.384 e. The quantitative estimate of drug-likeness (QED) is 0.795. The summed E-state index contributed by atoms with van der Waals surface area (Å²) < 4.78 is 0. The van der Waals surface area contributed by atoms with Crippen molar-refractivity contribution in [1.82, 2.24) is 9.88 Å². The van der Waals surface area contributed by atoms with Crippen LogP contribution in [0, 0.1) is 0 Å². The Balaban J connectivity index is 2.64. The first-order valence-corrected chi connectivity index (χ1v) is 5.28. The van der Waals surface area contributed by atoms with Crippen LogP contribution in [0.3, 0.4) is 0 Å². The van der Waals surface area contributed by atoms with Crippen molar-refractivity contribution in [3.05, 3.63) is 18.2 Å². The maximum Gasteiger partial charge on any atom is 0.244 e. The molecule has 1 amide bonds. The molecule has 1 unspecified atom stereocenters. The van der Waals surface area contributed by atoms with E-state index in [0.29, 0.717) is 18.2 Å². The van der Waals surface area contributed by atoms with Crippen LogP contribution in [0.5, 0.6) is 0 Å². The highest BCUT2D eigenvalue weighted by Gasteiger charge is 2.16. The zero-order chi connectivity index (χ0) is 12.1. The van der Waals surface area contributed by atoms with Crippen LogP contribution in [-0.4, -0.2) is 35.4 Å². The smallest absolute Gasteiger partial charge is 0.244 e. The molecule has 1 rings (SSSR count). The van der Waals surface area contributed by atoms with Gasteiger partial charge in [0.05, 0.1) is 0 Å². The third kappa shape index (κ3) is 3.12. The van der Waals surface area contributed by atoms with E-state index in [1.165, 1.54) is 0 Å². The fourth-order valence-electron chi connectivity index (χ4n) is 1.30. The largest absolute Gasteiger partial charge is 0.384 e. The van der Waals surface area contributed by atoms with Gasteiger partial charge in [0, 0.05) is 13.6 Å². The number of carbonyl (C=O) groups excluding carboxylic acids is 1. The van der Waals surface area contributed by atoms with Gasteiger partial charge in [-0.1, -0.05) is 6.07 Å².